The summed E-state index contributed by atoms with van der Waals surface area (Å²) in [6.07, 6.45) is 0.920. The summed E-state index contributed by atoms with van der Waals surface area (Å²) in [6.45, 7) is 6.23. The predicted molar refractivity (Wildman–Crippen MR) is 108 cm³/mol. The molecule has 1 aromatic carbocycles. The van der Waals surface area contributed by atoms with Gasteiger partial charge in [-0.15, -0.1) is 11.3 Å². The third-order valence-corrected chi connectivity index (χ3v) is 4.45. The number of benzene rings is 1. The Kier molecular flexibility index (Phi) is 9.71. The van der Waals surface area contributed by atoms with Crippen LogP contribution in [0.25, 0.3) is 10.6 Å². The van der Waals surface area contributed by atoms with Crippen LogP contribution in [-0.2, 0) is 16.0 Å². The van der Waals surface area contributed by atoms with Gasteiger partial charge in [0.2, 0.25) is 0 Å². The Labute approximate surface area is 159 Å². The molecule has 0 atom stereocenters. The van der Waals surface area contributed by atoms with Crippen molar-refractivity contribution in [2.75, 3.05) is 40.0 Å². The second kappa shape index (κ2) is 12.4. The molecule has 142 valence electrons. The standard InChI is InChI=1S/C19H28N4O2S/c1-3-20-19(21-10-7-11-25-13-12-24-2)22-14-17-15-26-18(23-17)16-8-5-4-6-9-16/h4-6,8-9,15H,3,7,10-14H2,1-2H3,(H2,20,21,22). The fourth-order valence-corrected chi connectivity index (χ4v) is 3.04. The highest BCUT2D eigenvalue weighted by Crippen LogP contribution is 2.23. The molecular weight excluding hydrogens is 348 g/mol. The van der Waals surface area contributed by atoms with Crippen LogP contribution < -0.4 is 10.6 Å². The first-order valence-electron chi connectivity index (χ1n) is 8.92. The van der Waals surface area contributed by atoms with Crippen LogP contribution >= 0.6 is 11.3 Å². The summed E-state index contributed by atoms with van der Waals surface area (Å²) in [5.74, 6) is 0.804. The van der Waals surface area contributed by atoms with E-state index in [-0.39, 0.29) is 0 Å². The van der Waals surface area contributed by atoms with Crippen molar-refractivity contribution in [3.8, 4) is 10.6 Å². The molecule has 0 bridgehead atoms. The van der Waals surface area contributed by atoms with Crippen molar-refractivity contribution in [1.29, 1.82) is 0 Å². The van der Waals surface area contributed by atoms with E-state index in [0.717, 1.165) is 41.7 Å². The molecule has 0 saturated heterocycles. The molecule has 1 heterocycles. The van der Waals surface area contributed by atoms with Crippen LogP contribution in [-0.4, -0.2) is 51.0 Å². The van der Waals surface area contributed by atoms with Crippen molar-refractivity contribution >= 4 is 17.3 Å². The van der Waals surface area contributed by atoms with Crippen LogP contribution in [0, 0.1) is 0 Å². The van der Waals surface area contributed by atoms with Gasteiger partial charge >= 0.3 is 0 Å². The normalized spacial score (nSPS) is 11.5. The maximum Gasteiger partial charge on any atom is 0.191 e. The Hall–Kier alpha value is -1.96. The van der Waals surface area contributed by atoms with E-state index in [1.54, 1.807) is 18.4 Å². The van der Waals surface area contributed by atoms with Crippen molar-refractivity contribution < 1.29 is 9.47 Å². The molecule has 2 N–H and O–H groups in total. The van der Waals surface area contributed by atoms with E-state index in [1.165, 1.54) is 0 Å². The fourth-order valence-electron chi connectivity index (χ4n) is 2.22. The average Bonchev–Trinajstić information content (AvgIpc) is 3.15. The molecular formula is C19H28N4O2S. The summed E-state index contributed by atoms with van der Waals surface area (Å²) >= 11 is 1.65. The highest BCUT2D eigenvalue weighted by molar-refractivity contribution is 7.13. The highest BCUT2D eigenvalue weighted by Gasteiger charge is 2.04. The fraction of sp³-hybridized carbons (Fsp3) is 0.474. The van der Waals surface area contributed by atoms with Crippen molar-refractivity contribution in [3.63, 3.8) is 0 Å². The summed E-state index contributed by atoms with van der Waals surface area (Å²) in [5.41, 5.74) is 2.13. The number of nitrogens with one attached hydrogen (secondary N) is 2. The zero-order valence-electron chi connectivity index (χ0n) is 15.5. The van der Waals surface area contributed by atoms with Gasteiger partial charge in [-0.3, -0.25) is 0 Å². The van der Waals surface area contributed by atoms with Gasteiger partial charge in [-0.05, 0) is 13.3 Å². The molecule has 2 aromatic rings. The predicted octanol–water partition coefficient (Wildman–Crippen LogP) is 2.92. The lowest BCUT2D eigenvalue weighted by molar-refractivity contribution is 0.0698. The van der Waals surface area contributed by atoms with Crippen molar-refractivity contribution in [2.24, 2.45) is 4.99 Å². The molecule has 0 fully saturated rings. The van der Waals surface area contributed by atoms with E-state index in [1.807, 2.05) is 18.2 Å². The Balaban J connectivity index is 1.78. The molecule has 0 aliphatic heterocycles. The van der Waals surface area contributed by atoms with E-state index >= 15 is 0 Å². The van der Waals surface area contributed by atoms with E-state index in [0.29, 0.717) is 26.4 Å². The number of rotatable bonds is 11. The summed E-state index contributed by atoms with van der Waals surface area (Å²) in [6, 6.07) is 10.2. The summed E-state index contributed by atoms with van der Waals surface area (Å²) in [4.78, 5) is 9.29. The van der Waals surface area contributed by atoms with Gasteiger partial charge in [0.25, 0.3) is 0 Å². The van der Waals surface area contributed by atoms with Crippen LogP contribution in [0.5, 0.6) is 0 Å². The van der Waals surface area contributed by atoms with Crippen LogP contribution in [0.4, 0.5) is 0 Å². The van der Waals surface area contributed by atoms with Gasteiger partial charge in [0.15, 0.2) is 5.96 Å². The Morgan fingerprint density at radius 3 is 2.77 bits per heavy atom. The first-order chi connectivity index (χ1) is 12.8. The molecule has 0 aliphatic carbocycles. The number of methoxy groups -OCH3 is 1. The van der Waals surface area contributed by atoms with E-state index in [4.69, 9.17) is 9.47 Å². The lowest BCUT2D eigenvalue weighted by Gasteiger charge is -2.11. The van der Waals surface area contributed by atoms with Crippen LogP contribution in [0.15, 0.2) is 40.7 Å². The molecule has 0 aliphatic rings. The molecule has 0 saturated carbocycles. The lowest BCUT2D eigenvalue weighted by Crippen LogP contribution is -2.38. The third-order valence-electron chi connectivity index (χ3n) is 3.51. The number of hydrogen-bond donors (Lipinski definition) is 2. The van der Waals surface area contributed by atoms with Crippen molar-refractivity contribution in [3.05, 3.63) is 41.4 Å². The van der Waals surface area contributed by atoms with E-state index in [9.17, 15) is 0 Å². The molecule has 0 radical (unpaired) electrons. The number of aliphatic imine (C=N–C) groups is 1. The van der Waals surface area contributed by atoms with Crippen LogP contribution in [0.2, 0.25) is 0 Å². The van der Waals surface area contributed by atoms with Gasteiger partial charge < -0.3 is 20.1 Å². The summed E-state index contributed by atoms with van der Waals surface area (Å²) in [7, 11) is 1.68. The number of ether oxygens (including phenoxy) is 2. The van der Waals surface area contributed by atoms with Gasteiger partial charge in [-0.1, -0.05) is 30.3 Å². The molecule has 0 unspecified atom stereocenters. The van der Waals surface area contributed by atoms with Crippen LogP contribution in [0.3, 0.4) is 0 Å². The second-order valence-electron chi connectivity index (χ2n) is 5.59. The number of hydrogen-bond acceptors (Lipinski definition) is 5. The molecule has 0 spiro atoms. The molecule has 26 heavy (non-hydrogen) atoms. The molecule has 0 amide bonds. The minimum atomic E-state index is 0.559. The summed E-state index contributed by atoms with van der Waals surface area (Å²) in [5, 5.41) is 9.68. The van der Waals surface area contributed by atoms with Gasteiger partial charge in [0.1, 0.15) is 5.01 Å². The number of aromatic nitrogens is 1. The molecule has 7 heteroatoms. The minimum Gasteiger partial charge on any atom is -0.382 e. The monoisotopic (exact) mass is 376 g/mol. The topological polar surface area (TPSA) is 67.8 Å². The number of nitrogens with zero attached hydrogens (tertiary/aromatic N) is 2. The SMILES string of the molecule is CCNC(=NCc1csc(-c2ccccc2)n1)NCCCOCCOC. The lowest BCUT2D eigenvalue weighted by atomic mass is 10.2. The molecule has 6 nitrogen and oxygen atoms in total. The molecule has 2 rings (SSSR count). The largest absolute Gasteiger partial charge is 0.382 e. The average molecular weight is 377 g/mol. The Morgan fingerprint density at radius 2 is 2.00 bits per heavy atom. The zero-order chi connectivity index (χ0) is 18.5. The summed E-state index contributed by atoms with van der Waals surface area (Å²) < 4.78 is 10.4. The van der Waals surface area contributed by atoms with Gasteiger partial charge in [0, 0.05) is 37.7 Å². The first kappa shape index (κ1) is 20.4. The van der Waals surface area contributed by atoms with E-state index < -0.39 is 0 Å². The highest BCUT2D eigenvalue weighted by atomic mass is 32.1. The molecule has 1 aromatic heterocycles. The van der Waals surface area contributed by atoms with Gasteiger partial charge in [-0.2, -0.15) is 0 Å². The van der Waals surface area contributed by atoms with Gasteiger partial charge in [0.05, 0.1) is 25.5 Å². The maximum atomic E-state index is 5.46. The Morgan fingerprint density at radius 1 is 1.15 bits per heavy atom. The maximum absolute atomic E-state index is 5.46. The first-order valence-corrected chi connectivity index (χ1v) is 9.80. The van der Waals surface area contributed by atoms with Gasteiger partial charge in [-0.25, -0.2) is 9.98 Å². The smallest absolute Gasteiger partial charge is 0.191 e. The van der Waals surface area contributed by atoms with E-state index in [2.05, 4.69) is 45.0 Å². The van der Waals surface area contributed by atoms with Crippen molar-refractivity contribution in [1.82, 2.24) is 15.6 Å². The number of guanidine groups is 1. The third kappa shape index (κ3) is 7.51. The number of thiazole rings is 1. The zero-order valence-corrected chi connectivity index (χ0v) is 16.3. The Bertz CT molecular complexity index is 646. The van der Waals surface area contributed by atoms with Crippen LogP contribution in [0.1, 0.15) is 19.0 Å². The van der Waals surface area contributed by atoms with Crippen molar-refractivity contribution in [2.45, 2.75) is 19.9 Å². The minimum absolute atomic E-state index is 0.559. The quantitative estimate of drug-likeness (QED) is 0.359. The second-order valence-corrected chi connectivity index (χ2v) is 6.45.